The molecule has 0 bridgehead atoms. The molecule has 20 heavy (non-hydrogen) atoms. The zero-order valence-electron chi connectivity index (χ0n) is 13.7. The van der Waals surface area contributed by atoms with Gasteiger partial charge in [-0.1, -0.05) is 56.7 Å². The number of hydrogen-bond donors (Lipinski definition) is 1. The van der Waals surface area contributed by atoms with Crippen LogP contribution in [0.1, 0.15) is 46.6 Å². The minimum atomic E-state index is -0.422. The van der Waals surface area contributed by atoms with E-state index in [1.807, 2.05) is 32.0 Å². The van der Waals surface area contributed by atoms with Gasteiger partial charge in [-0.3, -0.25) is 4.79 Å². The van der Waals surface area contributed by atoms with Crippen molar-refractivity contribution in [3.63, 3.8) is 0 Å². The number of rotatable bonds is 3. The van der Waals surface area contributed by atoms with Crippen molar-refractivity contribution in [1.29, 1.82) is 0 Å². The Morgan fingerprint density at radius 1 is 1.10 bits per heavy atom. The summed E-state index contributed by atoms with van der Waals surface area (Å²) < 4.78 is 5.20. The van der Waals surface area contributed by atoms with Crippen molar-refractivity contribution in [2.45, 2.75) is 53.6 Å². The van der Waals surface area contributed by atoms with Crippen molar-refractivity contribution in [3.05, 3.63) is 35.9 Å². The summed E-state index contributed by atoms with van der Waals surface area (Å²) in [6.45, 7) is 12.2. The first-order valence-corrected chi connectivity index (χ1v) is 6.99. The van der Waals surface area contributed by atoms with E-state index in [9.17, 15) is 4.79 Å². The molecule has 0 aliphatic carbocycles. The largest absolute Gasteiger partial charge is 0.459 e. The second-order valence-electron chi connectivity index (χ2n) is 6.83. The normalized spacial score (nSPS) is 11.3. The molecule has 0 amide bonds. The maximum absolute atomic E-state index is 11.0. The van der Waals surface area contributed by atoms with E-state index in [1.54, 1.807) is 0 Å². The molecule has 0 fully saturated rings. The van der Waals surface area contributed by atoms with Gasteiger partial charge in [0.15, 0.2) is 0 Å². The molecule has 114 valence electrons. The molecule has 0 spiro atoms. The molecule has 2 N–H and O–H groups in total. The zero-order chi connectivity index (χ0) is 15.8. The number of aryl methyl sites for hydroxylation is 1. The minimum absolute atomic E-state index is 0.0480. The van der Waals surface area contributed by atoms with E-state index in [4.69, 9.17) is 10.5 Å². The van der Waals surface area contributed by atoms with Crippen LogP contribution in [0.25, 0.3) is 0 Å². The van der Waals surface area contributed by atoms with Crippen molar-refractivity contribution in [2.75, 3.05) is 6.54 Å². The maximum atomic E-state index is 11.0. The first-order valence-electron chi connectivity index (χ1n) is 6.99. The van der Waals surface area contributed by atoms with E-state index in [2.05, 4.69) is 39.8 Å². The first kappa shape index (κ1) is 18.7. The van der Waals surface area contributed by atoms with Crippen LogP contribution in [0.15, 0.2) is 30.3 Å². The van der Waals surface area contributed by atoms with Gasteiger partial charge in [0.1, 0.15) is 5.60 Å². The highest BCUT2D eigenvalue weighted by molar-refractivity contribution is 5.71. The molecule has 3 heteroatoms. The highest BCUT2D eigenvalue weighted by Gasteiger charge is 2.28. The molecule has 1 aromatic rings. The van der Waals surface area contributed by atoms with E-state index in [0.29, 0.717) is 0 Å². The molecule has 0 heterocycles. The highest BCUT2D eigenvalue weighted by Crippen LogP contribution is 2.29. The Labute approximate surface area is 123 Å². The molecule has 0 aromatic heterocycles. The standard InChI is InChI=1S/C10H21NO2.C7H8/c1-9(2,3)7-10(4,5)13-8(12)6-11;1-7-5-3-2-4-6-7/h6-7,11H2,1-5H3;2-6H,1H3. The summed E-state index contributed by atoms with van der Waals surface area (Å²) in [5.41, 5.74) is 6.22. The van der Waals surface area contributed by atoms with Crippen LogP contribution in [0.2, 0.25) is 0 Å². The summed E-state index contributed by atoms with van der Waals surface area (Å²) in [6, 6.07) is 10.3. The zero-order valence-corrected chi connectivity index (χ0v) is 13.7. The van der Waals surface area contributed by atoms with Gasteiger partial charge in [-0.2, -0.15) is 0 Å². The van der Waals surface area contributed by atoms with Crippen LogP contribution >= 0.6 is 0 Å². The Morgan fingerprint density at radius 2 is 1.60 bits per heavy atom. The van der Waals surface area contributed by atoms with Crippen LogP contribution in [-0.2, 0) is 9.53 Å². The Hall–Kier alpha value is -1.35. The second kappa shape index (κ2) is 8.05. The lowest BCUT2D eigenvalue weighted by atomic mass is 9.84. The number of ether oxygens (including phenoxy) is 1. The van der Waals surface area contributed by atoms with Gasteiger partial charge in [-0.15, -0.1) is 0 Å². The highest BCUT2D eigenvalue weighted by atomic mass is 16.6. The SMILES string of the molecule is CC(C)(C)CC(C)(C)OC(=O)CN.Cc1ccccc1. The monoisotopic (exact) mass is 279 g/mol. The van der Waals surface area contributed by atoms with Crippen molar-refractivity contribution in [1.82, 2.24) is 0 Å². The Kier molecular flexibility index (Phi) is 7.51. The van der Waals surface area contributed by atoms with E-state index < -0.39 is 5.60 Å². The molecule has 0 aliphatic rings. The molecule has 0 saturated carbocycles. The van der Waals surface area contributed by atoms with Crippen LogP contribution < -0.4 is 5.73 Å². The molecular formula is C17H29NO2. The predicted octanol–water partition coefficient (Wildman–Crippen LogP) is 3.70. The van der Waals surface area contributed by atoms with Gasteiger partial charge in [-0.05, 0) is 32.6 Å². The Bertz CT molecular complexity index is 391. The Morgan fingerprint density at radius 3 is 1.90 bits per heavy atom. The average molecular weight is 279 g/mol. The van der Waals surface area contributed by atoms with Gasteiger partial charge < -0.3 is 10.5 Å². The molecular weight excluding hydrogens is 250 g/mol. The molecule has 0 unspecified atom stereocenters. The lowest BCUT2D eigenvalue weighted by Gasteiger charge is -2.31. The fourth-order valence-electron chi connectivity index (χ4n) is 2.20. The van der Waals surface area contributed by atoms with Crippen LogP contribution in [0, 0.1) is 12.3 Å². The number of benzene rings is 1. The van der Waals surface area contributed by atoms with Gasteiger partial charge >= 0.3 is 5.97 Å². The molecule has 0 aliphatic heterocycles. The Balaban J connectivity index is 0.000000428. The van der Waals surface area contributed by atoms with E-state index in [0.717, 1.165) is 6.42 Å². The average Bonchev–Trinajstić information content (AvgIpc) is 2.26. The summed E-state index contributed by atoms with van der Waals surface area (Å²) in [5.74, 6) is -0.339. The van der Waals surface area contributed by atoms with Crippen molar-refractivity contribution in [2.24, 2.45) is 11.1 Å². The van der Waals surface area contributed by atoms with Crippen LogP contribution in [0.3, 0.4) is 0 Å². The van der Waals surface area contributed by atoms with Crippen LogP contribution in [-0.4, -0.2) is 18.1 Å². The van der Waals surface area contributed by atoms with E-state index in [1.165, 1.54) is 5.56 Å². The maximum Gasteiger partial charge on any atom is 0.320 e. The van der Waals surface area contributed by atoms with Gasteiger partial charge in [0, 0.05) is 0 Å². The van der Waals surface area contributed by atoms with E-state index in [-0.39, 0.29) is 17.9 Å². The quantitative estimate of drug-likeness (QED) is 0.858. The number of nitrogens with two attached hydrogens (primary N) is 1. The third-order valence-electron chi connectivity index (χ3n) is 2.45. The topological polar surface area (TPSA) is 52.3 Å². The van der Waals surface area contributed by atoms with Gasteiger partial charge in [-0.25, -0.2) is 0 Å². The van der Waals surface area contributed by atoms with Gasteiger partial charge in [0.2, 0.25) is 0 Å². The van der Waals surface area contributed by atoms with Crippen molar-refractivity contribution < 1.29 is 9.53 Å². The predicted molar refractivity (Wildman–Crippen MR) is 84.5 cm³/mol. The van der Waals surface area contributed by atoms with E-state index >= 15 is 0 Å². The number of carbonyl (C=O) groups is 1. The molecule has 0 saturated heterocycles. The number of carbonyl (C=O) groups excluding carboxylic acids is 1. The fourth-order valence-corrected chi connectivity index (χ4v) is 2.20. The van der Waals surface area contributed by atoms with Crippen molar-refractivity contribution in [3.8, 4) is 0 Å². The molecule has 1 rings (SSSR count). The molecule has 0 atom stereocenters. The summed E-state index contributed by atoms with van der Waals surface area (Å²) in [7, 11) is 0. The first-order chi connectivity index (χ1) is 9.06. The lowest BCUT2D eigenvalue weighted by molar-refractivity contribution is -0.157. The number of esters is 1. The second-order valence-corrected chi connectivity index (χ2v) is 6.83. The molecule has 3 nitrogen and oxygen atoms in total. The minimum Gasteiger partial charge on any atom is -0.459 e. The van der Waals surface area contributed by atoms with Crippen molar-refractivity contribution >= 4 is 5.97 Å². The number of hydrogen-bond acceptors (Lipinski definition) is 3. The van der Waals surface area contributed by atoms with Gasteiger partial charge in [0.25, 0.3) is 0 Å². The summed E-state index contributed by atoms with van der Waals surface area (Å²) >= 11 is 0. The smallest absolute Gasteiger partial charge is 0.320 e. The fraction of sp³-hybridized carbons (Fsp3) is 0.588. The summed E-state index contributed by atoms with van der Waals surface area (Å²) in [4.78, 5) is 11.0. The summed E-state index contributed by atoms with van der Waals surface area (Å²) in [6.07, 6.45) is 0.825. The summed E-state index contributed by atoms with van der Waals surface area (Å²) in [5, 5.41) is 0. The lowest BCUT2D eigenvalue weighted by Crippen LogP contribution is -2.35. The third kappa shape index (κ3) is 10.6. The third-order valence-corrected chi connectivity index (χ3v) is 2.45. The molecule has 0 radical (unpaired) electrons. The van der Waals surface area contributed by atoms with Gasteiger partial charge in [0.05, 0.1) is 6.54 Å². The molecule has 1 aromatic carbocycles. The van der Waals surface area contributed by atoms with Crippen LogP contribution in [0.5, 0.6) is 0 Å². The van der Waals surface area contributed by atoms with Crippen LogP contribution in [0.4, 0.5) is 0 Å².